The molecule has 1 amide bonds. The fourth-order valence-corrected chi connectivity index (χ4v) is 5.23. The van der Waals surface area contributed by atoms with Crippen LogP contribution in [-0.2, 0) is 19.6 Å². The second-order valence-electron chi connectivity index (χ2n) is 6.53. The van der Waals surface area contributed by atoms with Gasteiger partial charge in [0, 0.05) is 9.79 Å². The van der Waals surface area contributed by atoms with E-state index in [1.165, 1.54) is 17.0 Å². The minimum absolute atomic E-state index is 0.0868. The van der Waals surface area contributed by atoms with Crippen LogP contribution in [0, 0.1) is 0 Å². The number of primary sulfonamides is 1. The number of carbonyl (C=O) groups excluding carboxylic acids is 2. The number of sulfonamides is 1. The molecule has 0 atom stereocenters. The van der Waals surface area contributed by atoms with Crippen molar-refractivity contribution in [3.05, 3.63) is 77.3 Å². The quantitative estimate of drug-likeness (QED) is 0.573. The van der Waals surface area contributed by atoms with Crippen molar-refractivity contribution in [3.63, 3.8) is 0 Å². The number of para-hydroxylation sites is 2. The van der Waals surface area contributed by atoms with Gasteiger partial charge in [0.05, 0.1) is 22.0 Å². The summed E-state index contributed by atoms with van der Waals surface area (Å²) in [6.07, 6.45) is 0. The highest BCUT2D eigenvalue weighted by Crippen LogP contribution is 2.47. The fourth-order valence-electron chi connectivity index (χ4n) is 3.10. The van der Waals surface area contributed by atoms with E-state index in [0.717, 1.165) is 15.9 Å². The van der Waals surface area contributed by atoms with Gasteiger partial charge in [0.15, 0.2) is 6.61 Å². The van der Waals surface area contributed by atoms with Crippen LogP contribution in [0.2, 0.25) is 5.02 Å². The van der Waals surface area contributed by atoms with E-state index in [1.807, 2.05) is 48.5 Å². The van der Waals surface area contributed by atoms with Gasteiger partial charge in [-0.15, -0.1) is 0 Å². The van der Waals surface area contributed by atoms with Gasteiger partial charge in [-0.3, -0.25) is 9.69 Å². The summed E-state index contributed by atoms with van der Waals surface area (Å²) in [6.45, 7) is -0.542. The molecule has 0 bridgehead atoms. The van der Waals surface area contributed by atoms with Gasteiger partial charge in [0.1, 0.15) is 4.90 Å². The Morgan fingerprint density at radius 3 is 2.13 bits per heavy atom. The molecule has 7 nitrogen and oxygen atoms in total. The van der Waals surface area contributed by atoms with E-state index in [9.17, 15) is 18.0 Å². The molecule has 0 aliphatic carbocycles. The molecule has 0 saturated heterocycles. The number of amides is 1. The summed E-state index contributed by atoms with van der Waals surface area (Å²) in [7, 11) is -4.12. The lowest BCUT2D eigenvalue weighted by atomic mass is 10.2. The third-order valence-electron chi connectivity index (χ3n) is 4.48. The molecular weight excluding hydrogens is 460 g/mol. The van der Waals surface area contributed by atoms with Gasteiger partial charge in [-0.25, -0.2) is 18.4 Å². The minimum atomic E-state index is -4.12. The number of hydrogen-bond donors (Lipinski definition) is 1. The second-order valence-corrected chi connectivity index (χ2v) is 9.55. The van der Waals surface area contributed by atoms with Crippen LogP contribution < -0.4 is 10.0 Å². The van der Waals surface area contributed by atoms with Crippen LogP contribution in [-0.4, -0.2) is 26.9 Å². The number of hydrogen-bond acceptors (Lipinski definition) is 6. The van der Waals surface area contributed by atoms with E-state index in [1.54, 1.807) is 11.8 Å². The summed E-state index contributed by atoms with van der Waals surface area (Å²) in [4.78, 5) is 28.4. The largest absolute Gasteiger partial charge is 0.452 e. The van der Waals surface area contributed by atoms with Crippen molar-refractivity contribution < 1.29 is 22.7 Å². The average molecular weight is 475 g/mol. The molecule has 0 saturated carbocycles. The molecule has 1 aliphatic rings. The van der Waals surface area contributed by atoms with Gasteiger partial charge in [0.25, 0.3) is 5.91 Å². The Kier molecular flexibility index (Phi) is 5.76. The molecule has 4 rings (SSSR count). The molecule has 0 fully saturated rings. The standard InChI is InChI=1S/C21H15ClN2O5S2/c22-14-10-9-13(11-19(14)31(23,27)28)21(26)29-12-20(25)24-15-5-1-3-7-17(15)30-18-8-4-2-6-16(18)24/h1-11H,12H2,(H2,23,27,28). The van der Waals surface area contributed by atoms with Crippen LogP contribution in [0.5, 0.6) is 0 Å². The first kappa shape index (κ1) is 21.4. The van der Waals surface area contributed by atoms with E-state index in [-0.39, 0.29) is 10.6 Å². The molecule has 0 spiro atoms. The SMILES string of the molecule is NS(=O)(=O)c1cc(C(=O)OCC(=O)N2c3ccccc3Sc3ccccc32)ccc1Cl. The van der Waals surface area contributed by atoms with Crippen molar-refractivity contribution in [1.29, 1.82) is 0 Å². The van der Waals surface area contributed by atoms with E-state index in [2.05, 4.69) is 0 Å². The Hall–Kier alpha value is -2.85. The first-order chi connectivity index (χ1) is 14.8. The second kappa shape index (κ2) is 8.35. The van der Waals surface area contributed by atoms with Crippen molar-refractivity contribution in [3.8, 4) is 0 Å². The summed E-state index contributed by atoms with van der Waals surface area (Å²) in [5, 5.41) is 4.99. The van der Waals surface area contributed by atoms with Crippen molar-refractivity contribution in [2.75, 3.05) is 11.5 Å². The Bertz CT molecular complexity index is 1270. The van der Waals surface area contributed by atoms with Gasteiger partial charge in [-0.2, -0.15) is 0 Å². The number of benzene rings is 3. The molecule has 31 heavy (non-hydrogen) atoms. The Morgan fingerprint density at radius 1 is 0.968 bits per heavy atom. The summed E-state index contributed by atoms with van der Waals surface area (Å²) in [5.74, 6) is -1.32. The molecular formula is C21H15ClN2O5S2. The molecule has 3 aromatic carbocycles. The summed E-state index contributed by atoms with van der Waals surface area (Å²) < 4.78 is 28.4. The maximum atomic E-state index is 13.0. The highest BCUT2D eigenvalue weighted by atomic mass is 35.5. The van der Waals surface area contributed by atoms with Gasteiger partial charge in [0.2, 0.25) is 10.0 Å². The number of halogens is 1. The van der Waals surface area contributed by atoms with Gasteiger partial charge >= 0.3 is 5.97 Å². The van der Waals surface area contributed by atoms with Crippen molar-refractivity contribution in [2.45, 2.75) is 14.7 Å². The van der Waals surface area contributed by atoms with Crippen LogP contribution in [0.4, 0.5) is 11.4 Å². The molecule has 0 unspecified atom stereocenters. The zero-order chi connectivity index (χ0) is 22.2. The summed E-state index contributed by atoms with van der Waals surface area (Å²) in [6, 6.07) is 18.4. The molecule has 158 valence electrons. The number of nitrogens with zero attached hydrogens (tertiary/aromatic N) is 1. The number of esters is 1. The van der Waals surface area contributed by atoms with Crippen LogP contribution in [0.3, 0.4) is 0 Å². The lowest BCUT2D eigenvalue weighted by molar-refractivity contribution is -0.121. The maximum absolute atomic E-state index is 13.0. The smallest absolute Gasteiger partial charge is 0.338 e. The van der Waals surface area contributed by atoms with Gasteiger partial charge in [-0.05, 0) is 42.5 Å². The molecule has 10 heteroatoms. The van der Waals surface area contributed by atoms with Gasteiger partial charge in [-0.1, -0.05) is 47.6 Å². The molecule has 1 heterocycles. The van der Waals surface area contributed by atoms with E-state index >= 15 is 0 Å². The van der Waals surface area contributed by atoms with Crippen molar-refractivity contribution >= 4 is 56.6 Å². The number of ether oxygens (including phenoxy) is 1. The molecule has 2 N–H and O–H groups in total. The van der Waals surface area contributed by atoms with Crippen LogP contribution in [0.25, 0.3) is 0 Å². The first-order valence-electron chi connectivity index (χ1n) is 8.94. The van der Waals surface area contributed by atoms with E-state index < -0.39 is 33.4 Å². The third-order valence-corrected chi connectivity index (χ3v) is 7.00. The normalized spacial score (nSPS) is 12.6. The number of carbonyl (C=O) groups is 2. The lowest BCUT2D eigenvalue weighted by Crippen LogP contribution is -2.32. The molecule has 0 radical (unpaired) electrons. The Morgan fingerprint density at radius 2 is 1.55 bits per heavy atom. The van der Waals surface area contributed by atoms with Crippen LogP contribution in [0.1, 0.15) is 10.4 Å². The zero-order valence-electron chi connectivity index (χ0n) is 15.8. The Balaban J connectivity index is 1.57. The Labute approximate surface area is 187 Å². The highest BCUT2D eigenvalue weighted by Gasteiger charge is 2.28. The fraction of sp³-hybridized carbons (Fsp3) is 0.0476. The zero-order valence-corrected chi connectivity index (χ0v) is 18.2. The summed E-state index contributed by atoms with van der Waals surface area (Å²) in [5.41, 5.74) is 1.29. The monoisotopic (exact) mass is 474 g/mol. The van der Waals surface area contributed by atoms with E-state index in [4.69, 9.17) is 21.5 Å². The minimum Gasteiger partial charge on any atom is -0.452 e. The van der Waals surface area contributed by atoms with Crippen molar-refractivity contribution in [2.24, 2.45) is 5.14 Å². The average Bonchev–Trinajstić information content (AvgIpc) is 2.75. The maximum Gasteiger partial charge on any atom is 0.338 e. The predicted octanol–water partition coefficient (Wildman–Crippen LogP) is 3.97. The first-order valence-corrected chi connectivity index (χ1v) is 11.7. The molecule has 1 aliphatic heterocycles. The number of anilines is 2. The van der Waals surface area contributed by atoms with Crippen molar-refractivity contribution in [1.82, 2.24) is 0 Å². The summed E-state index contributed by atoms with van der Waals surface area (Å²) >= 11 is 7.38. The number of fused-ring (bicyclic) bond motifs is 2. The number of rotatable bonds is 4. The third kappa shape index (κ3) is 4.31. The lowest BCUT2D eigenvalue weighted by Gasteiger charge is -2.30. The number of nitrogens with two attached hydrogens (primary N) is 1. The van der Waals surface area contributed by atoms with Gasteiger partial charge < -0.3 is 4.74 Å². The predicted molar refractivity (Wildman–Crippen MR) is 117 cm³/mol. The molecule has 3 aromatic rings. The van der Waals surface area contributed by atoms with Crippen LogP contribution >= 0.6 is 23.4 Å². The highest BCUT2D eigenvalue weighted by molar-refractivity contribution is 7.99. The molecule has 0 aromatic heterocycles. The van der Waals surface area contributed by atoms with E-state index in [0.29, 0.717) is 11.4 Å². The van der Waals surface area contributed by atoms with Crippen LogP contribution in [0.15, 0.2) is 81.4 Å². The topological polar surface area (TPSA) is 107 Å².